The molecule has 0 unspecified atom stereocenters. The van der Waals surface area contributed by atoms with Gasteiger partial charge in [0.15, 0.2) is 17.7 Å². The second kappa shape index (κ2) is 5.93. The number of hydrogen-bond acceptors (Lipinski definition) is 5. The van der Waals surface area contributed by atoms with E-state index in [0.29, 0.717) is 29.4 Å². The van der Waals surface area contributed by atoms with Gasteiger partial charge in [-0.15, -0.1) is 0 Å². The number of pyridine rings is 1. The van der Waals surface area contributed by atoms with Crippen LogP contribution in [-0.4, -0.2) is 15.7 Å². The van der Waals surface area contributed by atoms with Gasteiger partial charge in [0, 0.05) is 18.1 Å². The van der Waals surface area contributed by atoms with E-state index in [-0.39, 0.29) is 11.6 Å². The van der Waals surface area contributed by atoms with Crippen LogP contribution in [0.25, 0.3) is 0 Å². The molecule has 6 heteroatoms. The molecule has 1 aromatic carbocycles. The largest absolute Gasteiger partial charge is 0.453 e. The Labute approximate surface area is 126 Å². The van der Waals surface area contributed by atoms with Crippen molar-refractivity contribution in [3.05, 3.63) is 58.3 Å². The Morgan fingerprint density at radius 3 is 2.41 bits per heavy atom. The highest BCUT2D eigenvalue weighted by Gasteiger charge is 2.24. The van der Waals surface area contributed by atoms with Crippen molar-refractivity contribution in [2.45, 2.75) is 19.3 Å². The van der Waals surface area contributed by atoms with Crippen molar-refractivity contribution < 1.29 is 14.5 Å². The Balaban J connectivity index is 1.64. The summed E-state index contributed by atoms with van der Waals surface area (Å²) in [4.78, 5) is 25.6. The first kappa shape index (κ1) is 14.2. The van der Waals surface area contributed by atoms with Gasteiger partial charge in [-0.3, -0.25) is 4.79 Å². The van der Waals surface area contributed by atoms with Gasteiger partial charge in [-0.2, -0.15) is 0 Å². The third-order valence-electron chi connectivity index (χ3n) is 3.49. The topological polar surface area (TPSA) is 82.3 Å². The molecule has 0 saturated heterocycles. The number of nitro groups is 1. The number of ether oxygens (including phenoxy) is 1. The summed E-state index contributed by atoms with van der Waals surface area (Å²) in [5.41, 5.74) is 0.682. The van der Waals surface area contributed by atoms with Gasteiger partial charge in [0.25, 0.3) is 0 Å². The predicted octanol–water partition coefficient (Wildman–Crippen LogP) is 3.76. The maximum Gasteiger partial charge on any atom is 0.363 e. The Bertz CT molecular complexity index is 691. The third-order valence-corrected chi connectivity index (χ3v) is 3.49. The zero-order valence-electron chi connectivity index (χ0n) is 11.8. The van der Waals surface area contributed by atoms with Crippen LogP contribution in [0.15, 0.2) is 42.6 Å². The van der Waals surface area contributed by atoms with E-state index in [2.05, 4.69) is 4.98 Å². The molecule has 1 saturated carbocycles. The molecule has 1 fully saturated rings. The van der Waals surface area contributed by atoms with Crippen molar-refractivity contribution >= 4 is 11.6 Å². The molecule has 0 amide bonds. The Morgan fingerprint density at radius 1 is 1.18 bits per heavy atom. The molecule has 1 aliphatic rings. The van der Waals surface area contributed by atoms with Crippen LogP contribution in [-0.2, 0) is 0 Å². The van der Waals surface area contributed by atoms with Crippen molar-refractivity contribution in [3.8, 4) is 11.5 Å². The number of carbonyl (C=O) groups excluding carboxylic acids is 1. The predicted molar refractivity (Wildman–Crippen MR) is 79.1 cm³/mol. The molecule has 0 aliphatic heterocycles. The minimum Gasteiger partial charge on any atom is -0.453 e. The molecule has 0 N–H and O–H groups in total. The maximum atomic E-state index is 12.0. The quantitative estimate of drug-likeness (QED) is 0.460. The van der Waals surface area contributed by atoms with E-state index in [1.54, 1.807) is 24.3 Å². The number of hydrogen-bond donors (Lipinski definition) is 0. The number of nitrogens with zero attached hydrogens (tertiary/aromatic N) is 2. The first-order valence-electron chi connectivity index (χ1n) is 7.03. The average molecular weight is 298 g/mol. The van der Waals surface area contributed by atoms with Crippen molar-refractivity contribution in [1.29, 1.82) is 0 Å². The molecule has 0 spiro atoms. The Morgan fingerprint density at radius 2 is 1.86 bits per heavy atom. The van der Waals surface area contributed by atoms with E-state index in [1.807, 2.05) is 0 Å². The van der Waals surface area contributed by atoms with Crippen LogP contribution in [0.5, 0.6) is 11.5 Å². The van der Waals surface area contributed by atoms with Gasteiger partial charge in [0.2, 0.25) is 0 Å². The summed E-state index contributed by atoms with van der Waals surface area (Å²) in [6, 6.07) is 9.65. The maximum absolute atomic E-state index is 12.0. The first-order valence-corrected chi connectivity index (χ1v) is 7.03. The lowest BCUT2D eigenvalue weighted by Gasteiger charge is -2.05. The van der Waals surface area contributed by atoms with Crippen molar-refractivity contribution in [3.63, 3.8) is 0 Å². The number of ketones is 1. The number of Topliss-reactive ketones (excluding diaryl/α,β-unsaturated/α-hetero) is 1. The number of carbonyl (C=O) groups is 1. The van der Waals surface area contributed by atoms with Gasteiger partial charge in [0.05, 0.1) is 0 Å². The van der Waals surface area contributed by atoms with Crippen molar-refractivity contribution in [1.82, 2.24) is 4.98 Å². The SMILES string of the molecule is O=C(CC1CC1)c1ccc(Oc2ccc([N+](=O)[O-])nc2)cc1. The van der Waals surface area contributed by atoms with Crippen LogP contribution < -0.4 is 4.74 Å². The Kier molecular flexibility index (Phi) is 3.82. The van der Waals surface area contributed by atoms with Crippen molar-refractivity contribution in [2.24, 2.45) is 5.92 Å². The zero-order chi connectivity index (χ0) is 15.5. The summed E-state index contributed by atoms with van der Waals surface area (Å²) in [6.07, 6.45) is 4.22. The lowest BCUT2D eigenvalue weighted by Crippen LogP contribution is -1.99. The molecule has 0 bridgehead atoms. The lowest BCUT2D eigenvalue weighted by molar-refractivity contribution is -0.389. The van der Waals surface area contributed by atoms with Gasteiger partial charge in [-0.1, -0.05) is 0 Å². The fourth-order valence-electron chi connectivity index (χ4n) is 2.09. The molecule has 1 heterocycles. The smallest absolute Gasteiger partial charge is 0.363 e. The monoisotopic (exact) mass is 298 g/mol. The molecule has 1 aromatic heterocycles. The molecule has 22 heavy (non-hydrogen) atoms. The van der Waals surface area contributed by atoms with Crippen LogP contribution in [0.2, 0.25) is 0 Å². The van der Waals surface area contributed by atoms with Crippen LogP contribution in [0, 0.1) is 16.0 Å². The fourth-order valence-corrected chi connectivity index (χ4v) is 2.09. The van der Waals surface area contributed by atoms with E-state index in [1.165, 1.54) is 18.3 Å². The zero-order valence-corrected chi connectivity index (χ0v) is 11.8. The highest BCUT2D eigenvalue weighted by molar-refractivity contribution is 5.96. The summed E-state index contributed by atoms with van der Waals surface area (Å²) < 4.78 is 5.54. The van der Waals surface area contributed by atoms with E-state index in [0.717, 1.165) is 12.8 Å². The van der Waals surface area contributed by atoms with Crippen LogP contribution in [0.3, 0.4) is 0 Å². The summed E-state index contributed by atoms with van der Waals surface area (Å²) >= 11 is 0. The third kappa shape index (κ3) is 3.46. The number of benzene rings is 1. The van der Waals surface area contributed by atoms with Gasteiger partial charge >= 0.3 is 5.82 Å². The van der Waals surface area contributed by atoms with Gasteiger partial charge in [-0.25, -0.2) is 0 Å². The van der Waals surface area contributed by atoms with E-state index < -0.39 is 4.92 Å². The number of rotatable bonds is 6. The molecule has 112 valence electrons. The highest BCUT2D eigenvalue weighted by Crippen LogP contribution is 2.33. The van der Waals surface area contributed by atoms with Crippen LogP contribution >= 0.6 is 0 Å². The molecule has 1 aliphatic carbocycles. The van der Waals surface area contributed by atoms with Gasteiger partial charge in [0.1, 0.15) is 5.75 Å². The summed E-state index contributed by atoms with van der Waals surface area (Å²) in [5, 5.41) is 10.5. The van der Waals surface area contributed by atoms with E-state index >= 15 is 0 Å². The molecular weight excluding hydrogens is 284 g/mol. The molecule has 2 aromatic rings. The standard InChI is InChI=1S/C16H14N2O4/c19-15(9-11-1-2-11)12-3-5-13(6-4-12)22-14-7-8-16(17-10-14)18(20)21/h3-8,10-11H,1-2,9H2. The summed E-state index contributed by atoms with van der Waals surface area (Å²) in [5.74, 6) is 1.45. The molecule has 3 rings (SSSR count). The van der Waals surface area contributed by atoms with E-state index in [9.17, 15) is 14.9 Å². The normalized spacial score (nSPS) is 13.6. The summed E-state index contributed by atoms with van der Waals surface area (Å²) in [7, 11) is 0. The molecule has 0 radical (unpaired) electrons. The van der Waals surface area contributed by atoms with E-state index in [4.69, 9.17) is 4.74 Å². The lowest BCUT2D eigenvalue weighted by atomic mass is 10.1. The number of aromatic nitrogens is 1. The molecule has 6 nitrogen and oxygen atoms in total. The van der Waals surface area contributed by atoms with Gasteiger partial charge in [-0.05, 0) is 59.0 Å². The van der Waals surface area contributed by atoms with Gasteiger partial charge < -0.3 is 14.9 Å². The molecule has 0 atom stereocenters. The first-order chi connectivity index (χ1) is 10.6. The van der Waals surface area contributed by atoms with Crippen LogP contribution in [0.4, 0.5) is 5.82 Å². The minimum absolute atomic E-state index is 0.158. The second-order valence-electron chi connectivity index (χ2n) is 5.31. The average Bonchev–Trinajstić information content (AvgIpc) is 3.32. The summed E-state index contributed by atoms with van der Waals surface area (Å²) in [6.45, 7) is 0. The molecular formula is C16H14N2O4. The minimum atomic E-state index is -0.565. The Hall–Kier alpha value is -2.76. The fraction of sp³-hybridized carbons (Fsp3) is 0.250. The van der Waals surface area contributed by atoms with Crippen LogP contribution in [0.1, 0.15) is 29.6 Å². The second-order valence-corrected chi connectivity index (χ2v) is 5.31. The highest BCUT2D eigenvalue weighted by atomic mass is 16.6. The van der Waals surface area contributed by atoms with Crippen molar-refractivity contribution in [2.75, 3.05) is 0 Å².